The van der Waals surface area contributed by atoms with Gasteiger partial charge in [0.15, 0.2) is 0 Å². The number of ether oxygens (including phenoxy) is 1. The van der Waals surface area contributed by atoms with Crippen molar-refractivity contribution in [3.8, 4) is 0 Å². The molecule has 98 valence electrons. The summed E-state index contributed by atoms with van der Waals surface area (Å²) in [4.78, 5) is 10.7. The quantitative estimate of drug-likeness (QED) is 0.802. The Balaban J connectivity index is 1.79. The molecule has 1 aliphatic heterocycles. The Hall–Kier alpha value is -0.260. The van der Waals surface area contributed by atoms with Gasteiger partial charge in [-0.05, 0) is 25.7 Å². The van der Waals surface area contributed by atoms with E-state index in [1.54, 1.807) is 11.8 Å². The summed E-state index contributed by atoms with van der Waals surface area (Å²) in [5.74, 6) is -0.393. The Morgan fingerprint density at radius 2 is 2.24 bits per heavy atom. The molecule has 0 aromatic rings. The largest absolute Gasteiger partial charge is 0.480 e. The number of carbonyl (C=O) groups is 1. The Labute approximate surface area is 106 Å². The van der Waals surface area contributed by atoms with E-state index < -0.39 is 12.0 Å². The Morgan fingerprint density at radius 1 is 1.53 bits per heavy atom. The summed E-state index contributed by atoms with van der Waals surface area (Å²) in [5.41, 5.74) is 5.64. The molecule has 1 saturated carbocycles. The van der Waals surface area contributed by atoms with Crippen molar-refractivity contribution in [2.75, 3.05) is 12.4 Å². The molecule has 1 unspecified atom stereocenters. The lowest BCUT2D eigenvalue weighted by atomic mass is 9.92. The van der Waals surface area contributed by atoms with Crippen LogP contribution in [0.2, 0.25) is 0 Å². The first-order valence-corrected chi connectivity index (χ1v) is 7.40. The lowest BCUT2D eigenvalue weighted by Crippen LogP contribution is -2.40. The number of nitrogens with two attached hydrogens (primary N) is 1. The molecule has 1 heterocycles. The van der Waals surface area contributed by atoms with Gasteiger partial charge in [-0.25, -0.2) is 0 Å². The minimum Gasteiger partial charge on any atom is -0.480 e. The second-order valence-electron chi connectivity index (χ2n) is 5.13. The van der Waals surface area contributed by atoms with Crippen molar-refractivity contribution in [1.82, 2.24) is 0 Å². The molecule has 2 aliphatic rings. The van der Waals surface area contributed by atoms with Crippen molar-refractivity contribution in [2.45, 2.75) is 55.4 Å². The number of aliphatic carboxylic acids is 1. The second-order valence-corrected chi connectivity index (χ2v) is 6.46. The van der Waals surface area contributed by atoms with Gasteiger partial charge in [-0.1, -0.05) is 12.8 Å². The van der Waals surface area contributed by atoms with Crippen molar-refractivity contribution in [1.29, 1.82) is 0 Å². The average Bonchev–Trinajstić information content (AvgIpc) is 2.74. The normalized spacial score (nSPS) is 29.4. The van der Waals surface area contributed by atoms with E-state index in [-0.39, 0.29) is 5.60 Å². The van der Waals surface area contributed by atoms with E-state index in [0.29, 0.717) is 11.0 Å². The fourth-order valence-corrected chi connectivity index (χ4v) is 4.11. The predicted octanol–water partition coefficient (Wildman–Crippen LogP) is 1.62. The zero-order chi connectivity index (χ0) is 12.3. The van der Waals surface area contributed by atoms with E-state index in [4.69, 9.17) is 15.6 Å². The van der Waals surface area contributed by atoms with Crippen molar-refractivity contribution >= 4 is 17.7 Å². The van der Waals surface area contributed by atoms with Crippen LogP contribution in [0.5, 0.6) is 0 Å². The van der Waals surface area contributed by atoms with Gasteiger partial charge in [0.1, 0.15) is 6.04 Å². The molecule has 1 saturated heterocycles. The highest BCUT2D eigenvalue weighted by Gasteiger charge is 2.40. The maximum atomic E-state index is 10.7. The molecule has 0 aromatic heterocycles. The molecule has 0 radical (unpaired) electrons. The Morgan fingerprint density at radius 3 is 2.88 bits per heavy atom. The van der Waals surface area contributed by atoms with Gasteiger partial charge in [0, 0.05) is 17.6 Å². The van der Waals surface area contributed by atoms with Crippen LogP contribution in [0, 0.1) is 0 Å². The lowest BCUT2D eigenvalue weighted by molar-refractivity contribution is -0.137. The monoisotopic (exact) mass is 259 g/mol. The van der Waals surface area contributed by atoms with Gasteiger partial charge in [0.25, 0.3) is 0 Å². The van der Waals surface area contributed by atoms with Gasteiger partial charge in [-0.3, -0.25) is 4.79 Å². The highest BCUT2D eigenvalue weighted by Crippen LogP contribution is 2.42. The lowest BCUT2D eigenvalue weighted by Gasteiger charge is -2.38. The van der Waals surface area contributed by atoms with Crippen LogP contribution in [0.1, 0.15) is 38.5 Å². The topological polar surface area (TPSA) is 72.5 Å². The number of hydrogen-bond acceptors (Lipinski definition) is 4. The minimum absolute atomic E-state index is 0.114. The van der Waals surface area contributed by atoms with Gasteiger partial charge >= 0.3 is 5.97 Å². The van der Waals surface area contributed by atoms with E-state index in [9.17, 15) is 4.79 Å². The maximum absolute atomic E-state index is 10.7. The molecular formula is C12H21NO3S. The van der Waals surface area contributed by atoms with Crippen molar-refractivity contribution in [3.63, 3.8) is 0 Å². The van der Waals surface area contributed by atoms with Gasteiger partial charge < -0.3 is 15.6 Å². The van der Waals surface area contributed by atoms with Gasteiger partial charge in [-0.15, -0.1) is 0 Å². The van der Waals surface area contributed by atoms with Gasteiger partial charge in [0.2, 0.25) is 0 Å². The third kappa shape index (κ3) is 3.36. The summed E-state index contributed by atoms with van der Waals surface area (Å²) < 4.78 is 5.95. The number of carboxylic acid groups (broad SMARTS) is 1. The summed E-state index contributed by atoms with van der Waals surface area (Å²) in [6.45, 7) is 0.819. The minimum atomic E-state index is -0.903. The molecule has 2 fully saturated rings. The van der Waals surface area contributed by atoms with Crippen LogP contribution >= 0.6 is 11.8 Å². The molecule has 1 aliphatic carbocycles. The van der Waals surface area contributed by atoms with E-state index >= 15 is 0 Å². The molecule has 1 spiro atoms. The highest BCUT2D eigenvalue weighted by molar-refractivity contribution is 8.00. The maximum Gasteiger partial charge on any atom is 0.321 e. The number of carboxylic acids is 1. The van der Waals surface area contributed by atoms with Crippen LogP contribution in [0.25, 0.3) is 0 Å². The molecule has 0 bridgehead atoms. The van der Waals surface area contributed by atoms with Crippen LogP contribution in [0.15, 0.2) is 0 Å². The standard InChI is InChI=1S/C12H21NO3S/c13-10(11(14)15)8-17-9-3-6-16-12(7-9)4-1-2-5-12/h9-10H,1-8,13H2,(H,14,15)/t9?,10-/m0/s1. The van der Waals surface area contributed by atoms with E-state index in [1.807, 2.05) is 0 Å². The Bertz CT molecular complexity index is 279. The summed E-state index contributed by atoms with van der Waals surface area (Å²) in [7, 11) is 0. The summed E-state index contributed by atoms with van der Waals surface area (Å²) >= 11 is 1.71. The zero-order valence-corrected chi connectivity index (χ0v) is 10.9. The molecule has 0 aromatic carbocycles. The molecule has 4 nitrogen and oxygen atoms in total. The van der Waals surface area contributed by atoms with Crippen molar-refractivity contribution in [2.24, 2.45) is 5.73 Å². The first-order chi connectivity index (χ1) is 8.11. The number of rotatable bonds is 4. The van der Waals surface area contributed by atoms with Crippen molar-refractivity contribution in [3.05, 3.63) is 0 Å². The fourth-order valence-electron chi connectivity index (χ4n) is 2.80. The fraction of sp³-hybridized carbons (Fsp3) is 0.917. The first kappa shape index (κ1) is 13.2. The van der Waals surface area contributed by atoms with Crippen molar-refractivity contribution < 1.29 is 14.6 Å². The molecule has 5 heteroatoms. The van der Waals surface area contributed by atoms with Crippen LogP contribution in [0.3, 0.4) is 0 Å². The summed E-state index contributed by atoms with van der Waals surface area (Å²) in [6.07, 6.45) is 6.99. The molecule has 2 atom stereocenters. The van der Waals surface area contributed by atoms with E-state index in [1.165, 1.54) is 25.7 Å². The van der Waals surface area contributed by atoms with Crippen LogP contribution in [-0.4, -0.2) is 40.3 Å². The zero-order valence-electron chi connectivity index (χ0n) is 10.1. The van der Waals surface area contributed by atoms with Crippen LogP contribution in [-0.2, 0) is 9.53 Å². The van der Waals surface area contributed by atoms with Crippen LogP contribution in [0.4, 0.5) is 0 Å². The highest BCUT2D eigenvalue weighted by atomic mass is 32.2. The van der Waals surface area contributed by atoms with Gasteiger partial charge in [-0.2, -0.15) is 11.8 Å². The third-order valence-electron chi connectivity index (χ3n) is 3.79. The average molecular weight is 259 g/mol. The Kier molecular flexibility index (Phi) is 4.33. The van der Waals surface area contributed by atoms with Crippen LogP contribution < -0.4 is 5.73 Å². The second kappa shape index (κ2) is 5.59. The smallest absolute Gasteiger partial charge is 0.321 e. The molecule has 17 heavy (non-hydrogen) atoms. The molecule has 0 amide bonds. The number of hydrogen-bond donors (Lipinski definition) is 2. The molecule has 2 rings (SSSR count). The van der Waals surface area contributed by atoms with E-state index in [2.05, 4.69) is 0 Å². The number of thioether (sulfide) groups is 1. The summed E-state index contributed by atoms with van der Waals surface area (Å²) in [5, 5.41) is 9.27. The molecular weight excluding hydrogens is 238 g/mol. The summed E-state index contributed by atoms with van der Waals surface area (Å²) in [6, 6.07) is -0.734. The molecule has 3 N–H and O–H groups in total. The SMILES string of the molecule is N[C@@H](CSC1CCOC2(CCCC2)C1)C(=O)O. The first-order valence-electron chi connectivity index (χ1n) is 6.35. The van der Waals surface area contributed by atoms with Gasteiger partial charge in [0.05, 0.1) is 5.60 Å². The third-order valence-corrected chi connectivity index (χ3v) is 5.22. The van der Waals surface area contributed by atoms with E-state index in [0.717, 1.165) is 19.4 Å². The predicted molar refractivity (Wildman–Crippen MR) is 68.2 cm³/mol.